The summed E-state index contributed by atoms with van der Waals surface area (Å²) in [4.78, 5) is 17.0. The van der Waals surface area contributed by atoms with Crippen molar-refractivity contribution in [2.75, 3.05) is 31.1 Å². The average molecular weight is 360 g/mol. The van der Waals surface area contributed by atoms with Crippen molar-refractivity contribution in [2.24, 2.45) is 5.73 Å². The van der Waals surface area contributed by atoms with Crippen LogP contribution in [-0.4, -0.2) is 42.5 Å². The van der Waals surface area contributed by atoms with Crippen LogP contribution in [-0.2, 0) is 4.79 Å². The molecule has 1 saturated carbocycles. The monoisotopic (exact) mass is 359 g/mol. The second-order valence-electron chi connectivity index (χ2n) is 6.43. The number of para-hydroxylation sites is 1. The molecule has 0 unspecified atom stereocenters. The number of carbonyl (C=O) groups is 1. The average Bonchev–Trinajstić information content (AvgIpc) is 2.95. The topological polar surface area (TPSA) is 49.6 Å². The van der Waals surface area contributed by atoms with E-state index >= 15 is 0 Å². The van der Waals surface area contributed by atoms with Crippen molar-refractivity contribution < 1.29 is 4.79 Å². The molecule has 1 amide bonds. The van der Waals surface area contributed by atoms with Crippen LogP contribution in [0.15, 0.2) is 24.3 Å². The van der Waals surface area contributed by atoms with Crippen LogP contribution in [0.1, 0.15) is 31.2 Å². The van der Waals surface area contributed by atoms with E-state index in [1.165, 1.54) is 11.3 Å². The van der Waals surface area contributed by atoms with E-state index in [4.69, 9.17) is 5.73 Å². The summed E-state index contributed by atoms with van der Waals surface area (Å²) in [7, 11) is 0. The molecule has 0 atom stereocenters. The van der Waals surface area contributed by atoms with Crippen LogP contribution >= 0.6 is 24.8 Å². The molecule has 1 saturated heterocycles. The Kier molecular flexibility index (Phi) is 7.18. The molecular formula is C17H27Cl2N3O. The third kappa shape index (κ3) is 4.11. The molecule has 23 heavy (non-hydrogen) atoms. The highest BCUT2D eigenvalue weighted by Gasteiger charge is 2.40. The molecule has 1 aromatic rings. The van der Waals surface area contributed by atoms with Crippen molar-refractivity contribution in [2.45, 2.75) is 38.1 Å². The Morgan fingerprint density at radius 1 is 1.04 bits per heavy atom. The van der Waals surface area contributed by atoms with E-state index in [1.54, 1.807) is 0 Å². The van der Waals surface area contributed by atoms with Gasteiger partial charge in [0.15, 0.2) is 0 Å². The maximum atomic E-state index is 12.6. The van der Waals surface area contributed by atoms with Crippen molar-refractivity contribution in [3.05, 3.63) is 29.8 Å². The third-order valence-electron chi connectivity index (χ3n) is 4.94. The largest absolute Gasteiger partial charge is 0.368 e. The van der Waals surface area contributed by atoms with E-state index in [0.29, 0.717) is 0 Å². The fraction of sp³-hybridized carbons (Fsp3) is 0.588. The fourth-order valence-corrected chi connectivity index (χ4v) is 3.60. The third-order valence-corrected chi connectivity index (χ3v) is 4.94. The first-order valence-corrected chi connectivity index (χ1v) is 7.99. The molecule has 2 aliphatic rings. The predicted octanol–water partition coefficient (Wildman–Crippen LogP) is 2.76. The molecule has 130 valence electrons. The van der Waals surface area contributed by atoms with Gasteiger partial charge in [-0.25, -0.2) is 0 Å². The van der Waals surface area contributed by atoms with Crippen molar-refractivity contribution in [3.8, 4) is 0 Å². The van der Waals surface area contributed by atoms with Crippen molar-refractivity contribution in [1.29, 1.82) is 0 Å². The molecule has 6 heteroatoms. The number of halogens is 2. The van der Waals surface area contributed by atoms with Crippen LogP contribution in [0.5, 0.6) is 0 Å². The van der Waals surface area contributed by atoms with Gasteiger partial charge in [-0.05, 0) is 31.4 Å². The summed E-state index contributed by atoms with van der Waals surface area (Å²) < 4.78 is 0. The van der Waals surface area contributed by atoms with Crippen LogP contribution in [0, 0.1) is 6.92 Å². The highest BCUT2D eigenvalue weighted by atomic mass is 35.5. The van der Waals surface area contributed by atoms with Gasteiger partial charge in [0.2, 0.25) is 5.91 Å². The maximum Gasteiger partial charge on any atom is 0.242 e. The highest BCUT2D eigenvalue weighted by molar-refractivity contribution is 5.86. The van der Waals surface area contributed by atoms with Crippen LogP contribution in [0.2, 0.25) is 0 Å². The zero-order valence-corrected chi connectivity index (χ0v) is 15.3. The summed E-state index contributed by atoms with van der Waals surface area (Å²) in [6.07, 6.45) is 3.88. The standard InChI is InChI=1S/C17H25N3O.2ClH/c1-14-6-2-3-7-15(14)19-10-12-20(13-11-19)16(21)17(18)8-4-5-9-17;;/h2-3,6-7H,4-5,8-13,18H2,1H3;2*1H. The smallest absolute Gasteiger partial charge is 0.242 e. The Labute approximate surface area is 151 Å². The van der Waals surface area contributed by atoms with Crippen molar-refractivity contribution >= 4 is 36.4 Å². The minimum atomic E-state index is -0.579. The van der Waals surface area contributed by atoms with Gasteiger partial charge in [-0.2, -0.15) is 0 Å². The molecule has 0 aromatic heterocycles. The summed E-state index contributed by atoms with van der Waals surface area (Å²) >= 11 is 0. The Morgan fingerprint density at radius 3 is 2.17 bits per heavy atom. The van der Waals surface area contributed by atoms with Gasteiger partial charge >= 0.3 is 0 Å². The van der Waals surface area contributed by atoms with Gasteiger partial charge in [-0.3, -0.25) is 4.79 Å². The maximum absolute atomic E-state index is 12.6. The number of hydrogen-bond acceptors (Lipinski definition) is 3. The molecule has 1 heterocycles. The number of aryl methyl sites for hydroxylation is 1. The summed E-state index contributed by atoms with van der Waals surface area (Å²) in [5, 5.41) is 0. The van der Waals surface area contributed by atoms with Crippen LogP contribution < -0.4 is 10.6 Å². The molecule has 0 radical (unpaired) electrons. The van der Waals surface area contributed by atoms with Gasteiger partial charge in [0.05, 0.1) is 5.54 Å². The van der Waals surface area contributed by atoms with E-state index in [0.717, 1.165) is 51.9 Å². The van der Waals surface area contributed by atoms with E-state index < -0.39 is 5.54 Å². The van der Waals surface area contributed by atoms with E-state index in [9.17, 15) is 4.79 Å². The van der Waals surface area contributed by atoms with E-state index in [-0.39, 0.29) is 30.7 Å². The second-order valence-corrected chi connectivity index (χ2v) is 6.43. The van der Waals surface area contributed by atoms with Gasteiger partial charge in [0.25, 0.3) is 0 Å². The number of benzene rings is 1. The highest BCUT2D eigenvalue weighted by Crippen LogP contribution is 2.30. The Balaban J connectivity index is 0.00000132. The molecular weight excluding hydrogens is 333 g/mol. The van der Waals surface area contributed by atoms with Crippen molar-refractivity contribution in [3.63, 3.8) is 0 Å². The lowest BCUT2D eigenvalue weighted by molar-refractivity contribution is -0.137. The molecule has 1 aliphatic carbocycles. The molecule has 2 fully saturated rings. The Hall–Kier alpha value is -0.970. The second kappa shape index (κ2) is 8.22. The van der Waals surface area contributed by atoms with Crippen LogP contribution in [0.25, 0.3) is 0 Å². The minimum Gasteiger partial charge on any atom is -0.368 e. The Morgan fingerprint density at radius 2 is 1.61 bits per heavy atom. The first-order chi connectivity index (χ1) is 10.1. The Bertz CT molecular complexity index is 524. The van der Waals surface area contributed by atoms with Gasteiger partial charge in [0, 0.05) is 31.9 Å². The van der Waals surface area contributed by atoms with Crippen molar-refractivity contribution in [1.82, 2.24) is 4.90 Å². The number of amides is 1. The molecule has 1 aromatic carbocycles. The quantitative estimate of drug-likeness (QED) is 0.882. The zero-order valence-electron chi connectivity index (χ0n) is 13.7. The van der Waals surface area contributed by atoms with Crippen LogP contribution in [0.3, 0.4) is 0 Å². The fourth-order valence-electron chi connectivity index (χ4n) is 3.60. The lowest BCUT2D eigenvalue weighted by Gasteiger charge is -2.39. The number of piperazine rings is 1. The zero-order chi connectivity index (χ0) is 14.9. The summed E-state index contributed by atoms with van der Waals surface area (Å²) in [6.45, 7) is 5.50. The number of anilines is 1. The first kappa shape index (κ1) is 20.1. The number of nitrogens with zero attached hydrogens (tertiary/aromatic N) is 2. The normalized spacial score (nSPS) is 19.7. The molecule has 2 N–H and O–H groups in total. The molecule has 0 spiro atoms. The van der Waals surface area contributed by atoms with E-state index in [2.05, 4.69) is 36.1 Å². The molecule has 3 rings (SSSR count). The minimum absolute atomic E-state index is 0. The number of nitrogens with two attached hydrogens (primary N) is 1. The number of carbonyl (C=O) groups excluding carboxylic acids is 1. The van der Waals surface area contributed by atoms with Gasteiger partial charge in [0.1, 0.15) is 0 Å². The molecule has 4 nitrogen and oxygen atoms in total. The lowest BCUT2D eigenvalue weighted by Crippen LogP contribution is -2.58. The lowest BCUT2D eigenvalue weighted by atomic mass is 9.96. The SMILES string of the molecule is Cc1ccccc1N1CCN(C(=O)C2(N)CCCC2)CC1.Cl.Cl. The first-order valence-electron chi connectivity index (χ1n) is 7.99. The molecule has 0 bridgehead atoms. The van der Waals surface area contributed by atoms with Gasteiger partial charge < -0.3 is 15.5 Å². The molecule has 1 aliphatic heterocycles. The number of rotatable bonds is 2. The summed E-state index contributed by atoms with van der Waals surface area (Å²) in [6, 6.07) is 8.44. The van der Waals surface area contributed by atoms with Gasteiger partial charge in [-0.15, -0.1) is 24.8 Å². The predicted molar refractivity (Wildman–Crippen MR) is 99.9 cm³/mol. The van der Waals surface area contributed by atoms with Crippen LogP contribution in [0.4, 0.5) is 5.69 Å². The van der Waals surface area contributed by atoms with Gasteiger partial charge in [-0.1, -0.05) is 31.0 Å². The number of hydrogen-bond donors (Lipinski definition) is 1. The summed E-state index contributed by atoms with van der Waals surface area (Å²) in [5.41, 5.74) is 8.30. The summed E-state index contributed by atoms with van der Waals surface area (Å²) in [5.74, 6) is 0.171. The van der Waals surface area contributed by atoms with E-state index in [1.807, 2.05) is 4.90 Å².